The van der Waals surface area contributed by atoms with Crippen molar-refractivity contribution in [2.24, 2.45) is 5.41 Å². The van der Waals surface area contributed by atoms with E-state index in [1.54, 1.807) is 18.0 Å². The van der Waals surface area contributed by atoms with Gasteiger partial charge in [0.25, 0.3) is 5.91 Å². The van der Waals surface area contributed by atoms with Gasteiger partial charge in [-0.1, -0.05) is 19.3 Å². The van der Waals surface area contributed by atoms with E-state index in [1.807, 2.05) is 0 Å². The predicted molar refractivity (Wildman–Crippen MR) is 98.1 cm³/mol. The first-order valence-corrected chi connectivity index (χ1v) is 9.72. The van der Waals surface area contributed by atoms with E-state index in [2.05, 4.69) is 10.4 Å². The molecule has 1 unspecified atom stereocenters. The normalized spacial score (nSPS) is 23.8. The van der Waals surface area contributed by atoms with Crippen molar-refractivity contribution in [2.75, 3.05) is 13.1 Å². The van der Waals surface area contributed by atoms with Crippen molar-refractivity contribution in [3.05, 3.63) is 18.0 Å². The van der Waals surface area contributed by atoms with Crippen LogP contribution in [0.3, 0.4) is 0 Å². The van der Waals surface area contributed by atoms with Gasteiger partial charge < -0.3 is 15.3 Å². The first kappa shape index (κ1) is 19.4. The third-order valence-electron chi connectivity index (χ3n) is 5.66. The van der Waals surface area contributed by atoms with Crippen LogP contribution in [0, 0.1) is 5.41 Å². The van der Waals surface area contributed by atoms with Crippen molar-refractivity contribution < 1.29 is 19.5 Å². The Balaban J connectivity index is 1.57. The number of carboxylic acid groups (broad SMARTS) is 1. The number of rotatable bonds is 5. The summed E-state index contributed by atoms with van der Waals surface area (Å²) >= 11 is 0. The zero-order valence-corrected chi connectivity index (χ0v) is 15.8. The highest BCUT2D eigenvalue weighted by atomic mass is 16.4. The number of hydrogen-bond acceptors (Lipinski definition) is 4. The second-order valence-corrected chi connectivity index (χ2v) is 8.03. The Kier molecular flexibility index (Phi) is 5.82. The van der Waals surface area contributed by atoms with Crippen LogP contribution in [-0.2, 0) is 16.1 Å². The SMILES string of the molecule is CC1(C(=O)O)CCCN(C(=O)c2cnn(CC(=O)NC3CCCCC3)c2)C1. The molecule has 3 rings (SSSR count). The summed E-state index contributed by atoms with van der Waals surface area (Å²) in [5.74, 6) is -1.21. The molecule has 8 heteroatoms. The second kappa shape index (κ2) is 8.10. The number of carbonyl (C=O) groups excluding carboxylic acids is 2. The summed E-state index contributed by atoms with van der Waals surface area (Å²) in [7, 11) is 0. The number of amides is 2. The van der Waals surface area contributed by atoms with Gasteiger partial charge in [-0.15, -0.1) is 0 Å². The average Bonchev–Trinajstić information content (AvgIpc) is 3.10. The summed E-state index contributed by atoms with van der Waals surface area (Å²) < 4.78 is 1.46. The number of piperidine rings is 1. The lowest BCUT2D eigenvalue weighted by Gasteiger charge is -2.37. The fourth-order valence-electron chi connectivity index (χ4n) is 4.00. The molecule has 2 amide bonds. The van der Waals surface area contributed by atoms with Crippen molar-refractivity contribution in [1.29, 1.82) is 0 Å². The van der Waals surface area contributed by atoms with Crippen LogP contribution < -0.4 is 5.32 Å². The third kappa shape index (κ3) is 4.67. The topological polar surface area (TPSA) is 105 Å². The summed E-state index contributed by atoms with van der Waals surface area (Å²) in [5, 5.41) is 16.6. The highest BCUT2D eigenvalue weighted by Crippen LogP contribution is 2.30. The summed E-state index contributed by atoms with van der Waals surface area (Å²) in [6.45, 7) is 2.48. The number of nitrogens with one attached hydrogen (secondary N) is 1. The quantitative estimate of drug-likeness (QED) is 0.813. The summed E-state index contributed by atoms with van der Waals surface area (Å²) in [5.41, 5.74) is -0.529. The molecule has 1 saturated carbocycles. The van der Waals surface area contributed by atoms with Gasteiger partial charge in [0.2, 0.25) is 5.91 Å². The van der Waals surface area contributed by atoms with Crippen LogP contribution in [0.1, 0.15) is 62.2 Å². The lowest BCUT2D eigenvalue weighted by atomic mass is 9.82. The predicted octanol–water partition coefficient (Wildman–Crippen LogP) is 1.66. The van der Waals surface area contributed by atoms with Gasteiger partial charge in [0.05, 0.1) is 17.2 Å². The Morgan fingerprint density at radius 1 is 1.26 bits per heavy atom. The highest BCUT2D eigenvalue weighted by molar-refractivity contribution is 5.94. The molecule has 2 aliphatic rings. The van der Waals surface area contributed by atoms with Crippen molar-refractivity contribution in [3.63, 3.8) is 0 Å². The maximum atomic E-state index is 12.7. The summed E-state index contributed by atoms with van der Waals surface area (Å²) in [4.78, 5) is 37.9. The highest BCUT2D eigenvalue weighted by Gasteiger charge is 2.39. The first-order valence-electron chi connectivity index (χ1n) is 9.72. The standard InChI is InChI=1S/C19H28N4O4/c1-19(18(26)27)8-5-9-22(13-19)17(25)14-10-20-23(11-14)12-16(24)21-15-6-3-2-4-7-15/h10-11,15H,2-9,12-13H2,1H3,(H,21,24)(H,26,27). The molecule has 1 atom stereocenters. The van der Waals surface area contributed by atoms with Crippen LogP contribution in [0.2, 0.25) is 0 Å². The molecule has 27 heavy (non-hydrogen) atoms. The minimum absolute atomic E-state index is 0.0800. The van der Waals surface area contributed by atoms with Crippen LogP contribution in [0.25, 0.3) is 0 Å². The number of carboxylic acids is 1. The van der Waals surface area contributed by atoms with E-state index < -0.39 is 11.4 Å². The smallest absolute Gasteiger partial charge is 0.311 e. The molecule has 2 fully saturated rings. The third-order valence-corrected chi connectivity index (χ3v) is 5.66. The lowest BCUT2D eigenvalue weighted by molar-refractivity contribution is -0.150. The molecule has 1 aliphatic heterocycles. The van der Waals surface area contributed by atoms with Gasteiger partial charge in [0.1, 0.15) is 6.54 Å². The van der Waals surface area contributed by atoms with Gasteiger partial charge in [-0.3, -0.25) is 19.1 Å². The molecule has 0 spiro atoms. The Morgan fingerprint density at radius 2 is 2.00 bits per heavy atom. The maximum Gasteiger partial charge on any atom is 0.311 e. The molecule has 1 aliphatic carbocycles. The summed E-state index contributed by atoms with van der Waals surface area (Å²) in [6.07, 6.45) is 9.80. The number of hydrogen-bond donors (Lipinski definition) is 2. The van der Waals surface area contributed by atoms with Gasteiger partial charge in [0, 0.05) is 25.3 Å². The van der Waals surface area contributed by atoms with Gasteiger partial charge in [-0.25, -0.2) is 0 Å². The van der Waals surface area contributed by atoms with Crippen molar-refractivity contribution in [3.8, 4) is 0 Å². The molecular formula is C19H28N4O4. The Bertz CT molecular complexity index is 710. The van der Waals surface area contributed by atoms with Crippen LogP contribution in [0.4, 0.5) is 0 Å². The molecule has 1 aromatic heterocycles. The molecule has 148 valence electrons. The van der Waals surface area contributed by atoms with E-state index in [9.17, 15) is 19.5 Å². The van der Waals surface area contributed by atoms with E-state index in [-0.39, 0.29) is 30.9 Å². The molecule has 8 nitrogen and oxygen atoms in total. The Labute approximate surface area is 158 Å². The molecular weight excluding hydrogens is 348 g/mol. The molecule has 0 radical (unpaired) electrons. The Hall–Kier alpha value is -2.38. The molecule has 2 heterocycles. The maximum absolute atomic E-state index is 12.7. The van der Waals surface area contributed by atoms with E-state index in [1.165, 1.54) is 17.3 Å². The zero-order valence-electron chi connectivity index (χ0n) is 15.8. The molecule has 2 N–H and O–H groups in total. The minimum Gasteiger partial charge on any atom is -0.481 e. The van der Waals surface area contributed by atoms with Crippen LogP contribution in [-0.4, -0.2) is 56.7 Å². The molecule has 0 aromatic carbocycles. The van der Waals surface area contributed by atoms with Crippen molar-refractivity contribution in [1.82, 2.24) is 20.0 Å². The number of likely N-dealkylation sites (tertiary alicyclic amines) is 1. The van der Waals surface area contributed by atoms with E-state index in [0.717, 1.165) is 25.7 Å². The van der Waals surface area contributed by atoms with Crippen LogP contribution in [0.5, 0.6) is 0 Å². The van der Waals surface area contributed by atoms with Crippen LogP contribution in [0.15, 0.2) is 12.4 Å². The van der Waals surface area contributed by atoms with Crippen molar-refractivity contribution in [2.45, 2.75) is 64.5 Å². The fourth-order valence-corrected chi connectivity index (χ4v) is 4.00. The largest absolute Gasteiger partial charge is 0.481 e. The van der Waals surface area contributed by atoms with E-state index in [0.29, 0.717) is 24.9 Å². The average molecular weight is 376 g/mol. The lowest BCUT2D eigenvalue weighted by Crippen LogP contribution is -2.48. The molecule has 1 saturated heterocycles. The van der Waals surface area contributed by atoms with Gasteiger partial charge in [0.15, 0.2) is 0 Å². The van der Waals surface area contributed by atoms with Crippen molar-refractivity contribution >= 4 is 17.8 Å². The number of aromatic nitrogens is 2. The van der Waals surface area contributed by atoms with Crippen LogP contribution >= 0.6 is 0 Å². The fraction of sp³-hybridized carbons (Fsp3) is 0.684. The van der Waals surface area contributed by atoms with E-state index >= 15 is 0 Å². The minimum atomic E-state index is -0.913. The second-order valence-electron chi connectivity index (χ2n) is 8.03. The van der Waals surface area contributed by atoms with E-state index in [4.69, 9.17) is 0 Å². The number of nitrogens with zero attached hydrogens (tertiary/aromatic N) is 3. The Morgan fingerprint density at radius 3 is 2.70 bits per heavy atom. The summed E-state index contributed by atoms with van der Waals surface area (Å²) in [6, 6.07) is 0.241. The van der Waals surface area contributed by atoms with Gasteiger partial charge in [-0.2, -0.15) is 5.10 Å². The van der Waals surface area contributed by atoms with Gasteiger partial charge in [-0.05, 0) is 32.6 Å². The molecule has 1 aromatic rings. The number of aliphatic carboxylic acids is 1. The molecule has 0 bridgehead atoms. The first-order chi connectivity index (χ1) is 12.9. The number of carbonyl (C=O) groups is 3. The monoisotopic (exact) mass is 376 g/mol. The van der Waals surface area contributed by atoms with Gasteiger partial charge >= 0.3 is 5.97 Å². The zero-order chi connectivity index (χ0) is 19.4.